The van der Waals surface area contributed by atoms with E-state index in [0.717, 1.165) is 0 Å². The number of carbonyl (C=O) groups is 1. The van der Waals surface area contributed by atoms with E-state index < -0.39 is 12.3 Å². The van der Waals surface area contributed by atoms with E-state index in [1.54, 1.807) is 0 Å². The Balaban J connectivity index is 2.48. The normalized spacial score (nSPS) is 28.2. The van der Waals surface area contributed by atoms with Crippen molar-refractivity contribution in [2.45, 2.75) is 39.5 Å². The number of halogens is 1. The highest BCUT2D eigenvalue weighted by molar-refractivity contribution is 5.77. The van der Waals surface area contributed by atoms with E-state index in [4.69, 9.17) is 5.11 Å². The largest absolute Gasteiger partial charge is 0.388 e. The van der Waals surface area contributed by atoms with Gasteiger partial charge >= 0.3 is 0 Å². The molecule has 4 heteroatoms. The lowest BCUT2D eigenvalue weighted by molar-refractivity contribution is -0.132. The van der Waals surface area contributed by atoms with Crippen molar-refractivity contribution in [3.05, 3.63) is 0 Å². The first-order valence-electron chi connectivity index (χ1n) is 4.89. The molecule has 2 atom stereocenters. The lowest BCUT2D eigenvalue weighted by Crippen LogP contribution is -2.32. The molecule has 14 heavy (non-hydrogen) atoms. The van der Waals surface area contributed by atoms with Crippen molar-refractivity contribution < 1.29 is 14.3 Å². The average molecular weight is 203 g/mol. The number of alkyl halides is 1. The van der Waals surface area contributed by atoms with Gasteiger partial charge in [0.15, 0.2) is 0 Å². The summed E-state index contributed by atoms with van der Waals surface area (Å²) in [6.07, 6.45) is -1.88. The number of nitrogens with zero attached hydrogens (tertiary/aromatic N) is 1. The highest BCUT2D eigenvalue weighted by atomic mass is 19.1. The van der Waals surface area contributed by atoms with Crippen LogP contribution in [0.3, 0.4) is 0 Å². The quantitative estimate of drug-likeness (QED) is 0.689. The van der Waals surface area contributed by atoms with Crippen LogP contribution in [0.4, 0.5) is 4.39 Å². The lowest BCUT2D eigenvalue weighted by atomic mass is 9.92. The van der Waals surface area contributed by atoms with Crippen LogP contribution in [0.5, 0.6) is 0 Å². The van der Waals surface area contributed by atoms with Crippen LogP contribution >= 0.6 is 0 Å². The molecule has 0 spiro atoms. The predicted molar refractivity (Wildman–Crippen MR) is 51.6 cm³/mol. The van der Waals surface area contributed by atoms with Crippen LogP contribution < -0.4 is 0 Å². The molecule has 1 saturated heterocycles. The number of carbonyl (C=O) groups excluding carboxylic acids is 1. The first-order chi connectivity index (χ1) is 6.29. The molecule has 0 radical (unpaired) electrons. The van der Waals surface area contributed by atoms with Crippen LogP contribution in [0.2, 0.25) is 0 Å². The van der Waals surface area contributed by atoms with Crippen LogP contribution in [0.1, 0.15) is 27.2 Å². The highest BCUT2D eigenvalue weighted by Gasteiger charge is 2.34. The van der Waals surface area contributed by atoms with E-state index in [1.165, 1.54) is 4.90 Å². The molecule has 3 nitrogen and oxygen atoms in total. The fourth-order valence-corrected chi connectivity index (χ4v) is 1.52. The third kappa shape index (κ3) is 2.94. The summed E-state index contributed by atoms with van der Waals surface area (Å²) in [5, 5.41) is 9.15. The van der Waals surface area contributed by atoms with Crippen molar-refractivity contribution in [3.63, 3.8) is 0 Å². The number of hydrogen-bond donors (Lipinski definition) is 1. The number of aliphatic hydroxyl groups is 1. The van der Waals surface area contributed by atoms with E-state index in [2.05, 4.69) is 0 Å². The van der Waals surface area contributed by atoms with Gasteiger partial charge in [0, 0.05) is 13.0 Å². The van der Waals surface area contributed by atoms with Crippen LogP contribution in [-0.4, -0.2) is 41.3 Å². The zero-order valence-electron chi connectivity index (χ0n) is 8.96. The maximum atomic E-state index is 12.9. The molecule has 82 valence electrons. The summed E-state index contributed by atoms with van der Waals surface area (Å²) in [5.41, 5.74) is -0.0869. The van der Waals surface area contributed by atoms with Gasteiger partial charge in [0.05, 0.1) is 6.54 Å². The maximum Gasteiger partial charge on any atom is 0.223 e. The maximum absolute atomic E-state index is 12.9. The van der Waals surface area contributed by atoms with E-state index in [1.807, 2.05) is 20.8 Å². The molecule has 1 N–H and O–H groups in total. The second kappa shape index (κ2) is 3.85. The first kappa shape index (κ1) is 11.4. The first-order valence-corrected chi connectivity index (χ1v) is 4.89. The van der Waals surface area contributed by atoms with E-state index >= 15 is 0 Å². The monoisotopic (exact) mass is 203 g/mol. The molecule has 1 aliphatic rings. The summed E-state index contributed by atoms with van der Waals surface area (Å²) in [5.74, 6) is -0.0725. The predicted octanol–water partition coefficient (Wildman–Crippen LogP) is 0.964. The number of hydrogen-bond acceptors (Lipinski definition) is 2. The molecule has 0 aromatic carbocycles. The Kier molecular flexibility index (Phi) is 3.14. The van der Waals surface area contributed by atoms with Gasteiger partial charge in [-0.1, -0.05) is 20.8 Å². The van der Waals surface area contributed by atoms with E-state index in [-0.39, 0.29) is 24.4 Å². The van der Waals surface area contributed by atoms with Crippen LogP contribution in [0.15, 0.2) is 0 Å². The number of rotatable bonds is 1. The van der Waals surface area contributed by atoms with Gasteiger partial charge in [-0.05, 0) is 5.41 Å². The molecule has 1 amide bonds. The Hall–Kier alpha value is -0.640. The molecular weight excluding hydrogens is 185 g/mol. The molecule has 2 unspecified atom stereocenters. The molecule has 0 aromatic rings. The molecule has 1 fully saturated rings. The summed E-state index contributed by atoms with van der Waals surface area (Å²) < 4.78 is 12.9. The number of β-amino-alcohol motifs (C(OH)–C–C–N with tert-alkyl or cyclic N) is 1. The Labute approximate surface area is 83.9 Å². The fraction of sp³-hybridized carbons (Fsp3) is 0.900. The number of amides is 1. The van der Waals surface area contributed by atoms with Gasteiger partial charge in [-0.15, -0.1) is 0 Å². The van der Waals surface area contributed by atoms with Gasteiger partial charge in [0.1, 0.15) is 12.3 Å². The third-order valence-corrected chi connectivity index (χ3v) is 2.25. The van der Waals surface area contributed by atoms with Crippen molar-refractivity contribution in [1.82, 2.24) is 4.90 Å². The Bertz CT molecular complexity index is 215. The second-order valence-electron chi connectivity index (χ2n) is 5.12. The molecule has 0 aromatic heterocycles. The molecule has 1 aliphatic heterocycles. The third-order valence-electron chi connectivity index (χ3n) is 2.25. The minimum atomic E-state index is -1.28. The van der Waals surface area contributed by atoms with Crippen LogP contribution in [0, 0.1) is 5.41 Å². The minimum Gasteiger partial charge on any atom is -0.388 e. The summed E-state index contributed by atoms with van der Waals surface area (Å²) in [6, 6.07) is 0. The van der Waals surface area contributed by atoms with Crippen molar-refractivity contribution in [3.8, 4) is 0 Å². The van der Waals surface area contributed by atoms with Crippen molar-refractivity contribution >= 4 is 5.91 Å². The zero-order valence-corrected chi connectivity index (χ0v) is 8.96. The topological polar surface area (TPSA) is 40.5 Å². The number of aliphatic hydroxyl groups excluding tert-OH is 1. The van der Waals surface area contributed by atoms with Gasteiger partial charge in [-0.2, -0.15) is 0 Å². The van der Waals surface area contributed by atoms with Gasteiger partial charge in [0.25, 0.3) is 0 Å². The summed E-state index contributed by atoms with van der Waals surface area (Å²) >= 11 is 0. The smallest absolute Gasteiger partial charge is 0.223 e. The van der Waals surface area contributed by atoms with Gasteiger partial charge in [-0.25, -0.2) is 4.39 Å². The molecule has 1 heterocycles. The van der Waals surface area contributed by atoms with Crippen molar-refractivity contribution in [1.29, 1.82) is 0 Å². The fourth-order valence-electron chi connectivity index (χ4n) is 1.52. The zero-order chi connectivity index (χ0) is 10.9. The molecule has 0 aliphatic carbocycles. The summed E-state index contributed by atoms with van der Waals surface area (Å²) in [4.78, 5) is 13.0. The highest BCUT2D eigenvalue weighted by Crippen LogP contribution is 2.22. The minimum absolute atomic E-state index is 0.0378. The number of likely N-dealkylation sites (tertiary alicyclic amines) is 1. The Morgan fingerprint density at radius 3 is 2.43 bits per heavy atom. The second-order valence-corrected chi connectivity index (χ2v) is 5.12. The van der Waals surface area contributed by atoms with Crippen LogP contribution in [0.25, 0.3) is 0 Å². The SMILES string of the molecule is CC(C)(C)CC(=O)N1CC(O)C(F)C1. The molecule has 0 saturated carbocycles. The Morgan fingerprint density at radius 1 is 1.50 bits per heavy atom. The van der Waals surface area contributed by atoms with E-state index in [0.29, 0.717) is 6.42 Å². The van der Waals surface area contributed by atoms with Gasteiger partial charge < -0.3 is 10.0 Å². The van der Waals surface area contributed by atoms with Crippen molar-refractivity contribution in [2.75, 3.05) is 13.1 Å². The molecule has 1 rings (SSSR count). The average Bonchev–Trinajstić information content (AvgIpc) is 2.28. The van der Waals surface area contributed by atoms with Crippen LogP contribution in [-0.2, 0) is 4.79 Å². The molecule has 0 bridgehead atoms. The standard InChI is InChI=1S/C10H18FNO2/c1-10(2,3)4-9(14)12-5-7(11)8(13)6-12/h7-8,13H,4-6H2,1-3H3. The van der Waals surface area contributed by atoms with Gasteiger partial charge in [0.2, 0.25) is 5.91 Å². The summed E-state index contributed by atoms with van der Waals surface area (Å²) in [6.45, 7) is 6.06. The van der Waals surface area contributed by atoms with Gasteiger partial charge in [-0.3, -0.25) is 4.79 Å². The Morgan fingerprint density at radius 2 is 2.07 bits per heavy atom. The van der Waals surface area contributed by atoms with Crippen molar-refractivity contribution in [2.24, 2.45) is 5.41 Å². The van der Waals surface area contributed by atoms with E-state index in [9.17, 15) is 9.18 Å². The molecular formula is C10H18FNO2. The summed E-state index contributed by atoms with van der Waals surface area (Å²) in [7, 11) is 0. The lowest BCUT2D eigenvalue weighted by Gasteiger charge is -2.22.